The summed E-state index contributed by atoms with van der Waals surface area (Å²) in [5.74, 6) is 1.14. The van der Waals surface area contributed by atoms with Crippen molar-refractivity contribution >= 4 is 9.84 Å². The fraction of sp³-hybridized carbons (Fsp3) is 0.800. The van der Waals surface area contributed by atoms with Gasteiger partial charge >= 0.3 is 0 Å². The van der Waals surface area contributed by atoms with Crippen LogP contribution in [-0.4, -0.2) is 50.5 Å². The van der Waals surface area contributed by atoms with Crippen LogP contribution in [0.1, 0.15) is 6.42 Å². The Hall–Kier alpha value is -0.390. The lowest BCUT2D eigenvalue weighted by molar-refractivity contribution is 0.263. The Morgan fingerprint density at radius 3 is 2.47 bits per heavy atom. The minimum Gasteiger partial charge on any atom is -0.324 e. The van der Waals surface area contributed by atoms with Gasteiger partial charge in [0.2, 0.25) is 0 Å². The average molecular weight is 230 g/mol. The maximum atomic E-state index is 11.2. The number of sulfone groups is 1. The second kappa shape index (κ2) is 4.23. The molecule has 1 saturated heterocycles. The molecule has 0 spiro atoms. The van der Waals surface area contributed by atoms with Gasteiger partial charge in [-0.1, -0.05) is 12.2 Å². The van der Waals surface area contributed by atoms with Crippen LogP contribution in [0.2, 0.25) is 0 Å². The molecule has 0 saturated carbocycles. The average Bonchev–Trinajstić information content (AvgIpc) is 2.55. The van der Waals surface area contributed by atoms with Crippen LogP contribution in [-0.2, 0) is 9.84 Å². The second-order valence-electron chi connectivity index (χ2n) is 4.50. The molecule has 86 valence electrons. The molecule has 0 aromatic rings. The Morgan fingerprint density at radius 2 is 1.93 bits per heavy atom. The normalized spacial score (nSPS) is 35.8. The van der Waals surface area contributed by atoms with Crippen molar-refractivity contribution in [2.75, 3.05) is 31.1 Å². The summed E-state index contributed by atoms with van der Waals surface area (Å²) in [5, 5.41) is 0. The van der Waals surface area contributed by atoms with Gasteiger partial charge in [0.15, 0.2) is 9.84 Å². The molecular formula is C10H18N2O2S. The van der Waals surface area contributed by atoms with E-state index in [0.29, 0.717) is 30.5 Å². The lowest BCUT2D eigenvalue weighted by Crippen LogP contribution is -2.42. The summed E-state index contributed by atoms with van der Waals surface area (Å²) < 4.78 is 22.4. The lowest BCUT2D eigenvalue weighted by atomic mass is 10.1. The van der Waals surface area contributed by atoms with E-state index in [1.165, 1.54) is 0 Å². The zero-order chi connectivity index (χ0) is 10.9. The van der Waals surface area contributed by atoms with E-state index in [4.69, 9.17) is 5.73 Å². The highest BCUT2D eigenvalue weighted by molar-refractivity contribution is 7.91. The summed E-state index contributed by atoms with van der Waals surface area (Å²) in [7, 11) is -2.74. The highest BCUT2D eigenvalue weighted by atomic mass is 32.2. The van der Waals surface area contributed by atoms with Crippen molar-refractivity contribution in [3.05, 3.63) is 12.2 Å². The molecule has 0 bridgehead atoms. The molecule has 2 N–H and O–H groups in total. The quantitative estimate of drug-likeness (QED) is 0.657. The predicted octanol–water partition coefficient (Wildman–Crippen LogP) is -0.380. The Kier molecular flexibility index (Phi) is 3.13. The van der Waals surface area contributed by atoms with Gasteiger partial charge in [-0.2, -0.15) is 0 Å². The molecule has 1 aliphatic heterocycles. The minimum absolute atomic E-state index is 0.198. The van der Waals surface area contributed by atoms with Crippen molar-refractivity contribution in [1.29, 1.82) is 0 Å². The van der Waals surface area contributed by atoms with Gasteiger partial charge in [0.1, 0.15) is 0 Å². The van der Waals surface area contributed by atoms with Crippen LogP contribution in [0.25, 0.3) is 0 Å². The second-order valence-corrected chi connectivity index (χ2v) is 6.80. The molecular weight excluding hydrogens is 212 g/mol. The fourth-order valence-corrected chi connectivity index (χ4v) is 3.48. The third kappa shape index (κ3) is 3.03. The van der Waals surface area contributed by atoms with Gasteiger partial charge in [-0.3, -0.25) is 0 Å². The predicted molar refractivity (Wildman–Crippen MR) is 60.3 cm³/mol. The Balaban J connectivity index is 1.80. The first-order chi connectivity index (χ1) is 7.05. The third-order valence-electron chi connectivity index (χ3n) is 3.14. The van der Waals surface area contributed by atoms with Crippen molar-refractivity contribution in [3.63, 3.8) is 0 Å². The topological polar surface area (TPSA) is 63.4 Å². The zero-order valence-electron chi connectivity index (χ0n) is 8.80. The van der Waals surface area contributed by atoms with Gasteiger partial charge in [-0.15, -0.1) is 0 Å². The van der Waals surface area contributed by atoms with E-state index in [0.717, 1.165) is 13.0 Å². The van der Waals surface area contributed by atoms with Crippen LogP contribution in [0, 0.1) is 5.92 Å². The Labute approximate surface area is 91.0 Å². The molecule has 4 nitrogen and oxygen atoms in total. The first kappa shape index (κ1) is 11.1. The molecule has 5 heteroatoms. The van der Waals surface area contributed by atoms with E-state index in [-0.39, 0.29) is 6.04 Å². The van der Waals surface area contributed by atoms with Crippen LogP contribution < -0.4 is 5.73 Å². The van der Waals surface area contributed by atoms with E-state index in [9.17, 15) is 8.42 Å². The van der Waals surface area contributed by atoms with Gasteiger partial charge in [0.25, 0.3) is 0 Å². The first-order valence-electron chi connectivity index (χ1n) is 5.42. The summed E-state index contributed by atoms with van der Waals surface area (Å²) in [6.45, 7) is 2.32. The molecule has 15 heavy (non-hydrogen) atoms. The van der Waals surface area contributed by atoms with Gasteiger partial charge < -0.3 is 10.6 Å². The van der Waals surface area contributed by atoms with Crippen molar-refractivity contribution in [1.82, 2.24) is 4.90 Å². The monoisotopic (exact) mass is 230 g/mol. The molecule has 0 aromatic heterocycles. The fourth-order valence-electron chi connectivity index (χ4n) is 2.21. The maximum absolute atomic E-state index is 11.2. The summed E-state index contributed by atoms with van der Waals surface area (Å²) in [4.78, 5) is 2.23. The third-order valence-corrected chi connectivity index (χ3v) is 4.74. The molecule has 2 atom stereocenters. The van der Waals surface area contributed by atoms with Crippen molar-refractivity contribution in [2.24, 2.45) is 11.7 Å². The zero-order valence-corrected chi connectivity index (χ0v) is 9.62. The minimum atomic E-state index is -2.74. The summed E-state index contributed by atoms with van der Waals surface area (Å²) >= 11 is 0. The highest BCUT2D eigenvalue weighted by Gasteiger charge is 2.24. The SMILES string of the molecule is NC1C=CC(CN2CCS(=O)(=O)CC2)C1. The Bertz CT molecular complexity index is 336. The number of nitrogens with zero attached hydrogens (tertiary/aromatic N) is 1. The smallest absolute Gasteiger partial charge is 0.152 e. The molecule has 0 amide bonds. The van der Waals surface area contributed by atoms with E-state index in [2.05, 4.69) is 11.0 Å². The number of hydrogen-bond donors (Lipinski definition) is 1. The number of nitrogens with two attached hydrogens (primary N) is 1. The van der Waals surface area contributed by atoms with E-state index in [1.54, 1.807) is 0 Å². The number of hydrogen-bond acceptors (Lipinski definition) is 4. The Morgan fingerprint density at radius 1 is 1.27 bits per heavy atom. The summed E-state index contributed by atoms with van der Waals surface area (Å²) in [6, 6.07) is 0.198. The maximum Gasteiger partial charge on any atom is 0.152 e. The molecule has 2 unspecified atom stereocenters. The highest BCUT2D eigenvalue weighted by Crippen LogP contribution is 2.18. The van der Waals surface area contributed by atoms with E-state index in [1.807, 2.05) is 6.08 Å². The van der Waals surface area contributed by atoms with Crippen LogP contribution in [0.15, 0.2) is 12.2 Å². The van der Waals surface area contributed by atoms with Crippen LogP contribution >= 0.6 is 0 Å². The van der Waals surface area contributed by atoms with Crippen LogP contribution in [0.5, 0.6) is 0 Å². The molecule has 2 rings (SSSR count). The van der Waals surface area contributed by atoms with Crippen molar-refractivity contribution < 1.29 is 8.42 Å². The van der Waals surface area contributed by atoms with Crippen LogP contribution in [0.4, 0.5) is 0 Å². The molecule has 1 aliphatic carbocycles. The van der Waals surface area contributed by atoms with Crippen LogP contribution in [0.3, 0.4) is 0 Å². The molecule has 0 aromatic carbocycles. The lowest BCUT2D eigenvalue weighted by Gasteiger charge is -2.28. The molecule has 1 heterocycles. The number of rotatable bonds is 2. The van der Waals surface area contributed by atoms with Gasteiger partial charge in [0, 0.05) is 25.7 Å². The summed E-state index contributed by atoms with van der Waals surface area (Å²) in [6.07, 6.45) is 5.21. The van der Waals surface area contributed by atoms with Crippen molar-refractivity contribution in [3.8, 4) is 0 Å². The summed E-state index contributed by atoms with van der Waals surface area (Å²) in [5.41, 5.74) is 5.77. The van der Waals surface area contributed by atoms with Gasteiger partial charge in [-0.25, -0.2) is 8.42 Å². The molecule has 1 fully saturated rings. The first-order valence-corrected chi connectivity index (χ1v) is 7.24. The molecule has 0 radical (unpaired) electrons. The standard InChI is InChI=1S/C10H18N2O2S/c11-10-2-1-9(7-10)8-12-3-5-15(13,14)6-4-12/h1-2,9-10H,3-8,11H2. The van der Waals surface area contributed by atoms with Gasteiger partial charge in [-0.05, 0) is 12.3 Å². The van der Waals surface area contributed by atoms with Crippen molar-refractivity contribution in [2.45, 2.75) is 12.5 Å². The largest absolute Gasteiger partial charge is 0.324 e. The molecule has 2 aliphatic rings. The van der Waals surface area contributed by atoms with E-state index >= 15 is 0 Å². The van der Waals surface area contributed by atoms with E-state index < -0.39 is 9.84 Å². The van der Waals surface area contributed by atoms with Gasteiger partial charge in [0.05, 0.1) is 11.5 Å².